The van der Waals surface area contributed by atoms with E-state index in [2.05, 4.69) is 57.0 Å². The number of carbonyl (C=O) groups is 1. The van der Waals surface area contributed by atoms with Gasteiger partial charge in [0.05, 0.1) is 17.3 Å². The van der Waals surface area contributed by atoms with Gasteiger partial charge in [-0.3, -0.25) is 4.90 Å². The van der Waals surface area contributed by atoms with E-state index >= 15 is 0 Å². The number of halogens is 4. The van der Waals surface area contributed by atoms with Crippen LogP contribution in [-0.2, 0) is 16.8 Å². The van der Waals surface area contributed by atoms with Gasteiger partial charge in [-0.2, -0.15) is 18.4 Å². The third-order valence-corrected chi connectivity index (χ3v) is 10.5. The van der Waals surface area contributed by atoms with Gasteiger partial charge in [-0.05, 0) is 105 Å². The van der Waals surface area contributed by atoms with Crippen molar-refractivity contribution < 1.29 is 27.8 Å². The number of benzene rings is 2. The molecule has 3 aliphatic heterocycles. The van der Waals surface area contributed by atoms with E-state index in [0.29, 0.717) is 17.2 Å². The fraction of sp³-hybridized carbons (Fsp3) is 0.526. The van der Waals surface area contributed by atoms with Crippen LogP contribution in [0, 0.1) is 17.2 Å². The third kappa shape index (κ3) is 10.8. The predicted octanol–water partition coefficient (Wildman–Crippen LogP) is 6.13. The second-order valence-corrected chi connectivity index (χ2v) is 14.6. The molecule has 0 aliphatic carbocycles. The summed E-state index contributed by atoms with van der Waals surface area (Å²) < 4.78 is 37.9. The largest absolute Gasteiger partial charge is 0.490 e. The highest BCUT2D eigenvalue weighted by molar-refractivity contribution is 6.30. The number of alkyl halides is 3. The lowest BCUT2D eigenvalue weighted by molar-refractivity contribution is -0.192. The van der Waals surface area contributed by atoms with Crippen molar-refractivity contribution in [2.75, 3.05) is 63.8 Å². The predicted molar refractivity (Wildman–Crippen MR) is 194 cm³/mol. The van der Waals surface area contributed by atoms with Crippen molar-refractivity contribution in [1.82, 2.24) is 25.1 Å². The number of aromatic nitrogens is 2. The molecule has 4 heterocycles. The molecule has 2 aromatic carbocycles. The van der Waals surface area contributed by atoms with Crippen molar-refractivity contribution in [3.63, 3.8) is 0 Å². The Kier molecular flexibility index (Phi) is 13.4. The van der Waals surface area contributed by atoms with Gasteiger partial charge in [0.25, 0.3) is 0 Å². The van der Waals surface area contributed by atoms with Gasteiger partial charge in [0.2, 0.25) is 5.95 Å². The number of piperidine rings is 2. The number of carboxylic acids is 1. The summed E-state index contributed by atoms with van der Waals surface area (Å²) >= 11 is 6.29. The number of nitriles is 1. The maximum atomic E-state index is 10.6. The summed E-state index contributed by atoms with van der Waals surface area (Å²) in [4.78, 5) is 26.1. The number of rotatable bonds is 9. The zero-order valence-electron chi connectivity index (χ0n) is 29.7. The number of anilines is 1. The van der Waals surface area contributed by atoms with E-state index in [1.807, 2.05) is 36.5 Å². The van der Waals surface area contributed by atoms with E-state index in [1.54, 1.807) is 6.07 Å². The number of nitrogens with zero attached hydrogens (tertiary/aromatic N) is 6. The van der Waals surface area contributed by atoms with E-state index in [0.717, 1.165) is 66.7 Å². The van der Waals surface area contributed by atoms with Gasteiger partial charge in [0, 0.05) is 55.4 Å². The van der Waals surface area contributed by atoms with Crippen LogP contribution in [-0.4, -0.2) is 102 Å². The van der Waals surface area contributed by atoms with Crippen LogP contribution >= 0.6 is 11.6 Å². The molecule has 0 amide bonds. The average molecular weight is 742 g/mol. The van der Waals surface area contributed by atoms with Crippen LogP contribution in [0.1, 0.15) is 61.9 Å². The Morgan fingerprint density at radius 3 is 2.25 bits per heavy atom. The van der Waals surface area contributed by atoms with Crippen molar-refractivity contribution in [3.8, 4) is 11.8 Å². The minimum atomic E-state index is -5.08. The molecular formula is C38H47ClF3N7O3. The third-order valence-electron chi connectivity index (χ3n) is 10.3. The molecule has 3 aromatic rings. The molecule has 0 spiro atoms. The highest BCUT2D eigenvalue weighted by atomic mass is 35.5. The highest BCUT2D eigenvalue weighted by Gasteiger charge is 2.38. The lowest BCUT2D eigenvalue weighted by Crippen LogP contribution is -2.50. The van der Waals surface area contributed by atoms with Crippen molar-refractivity contribution in [1.29, 1.82) is 5.26 Å². The summed E-state index contributed by atoms with van der Waals surface area (Å²) in [7, 11) is 0. The smallest absolute Gasteiger partial charge is 0.487 e. The maximum absolute atomic E-state index is 10.6. The number of hydrogen-bond donors (Lipinski definition) is 2. The number of ether oxygens (including phenoxy) is 1. The summed E-state index contributed by atoms with van der Waals surface area (Å²) in [6, 6.07) is 18.6. The maximum Gasteiger partial charge on any atom is 0.490 e. The molecular weight excluding hydrogens is 695 g/mol. The van der Waals surface area contributed by atoms with Crippen LogP contribution in [0.2, 0.25) is 5.02 Å². The Morgan fingerprint density at radius 2 is 1.63 bits per heavy atom. The Balaban J connectivity index is 0.000000679. The van der Waals surface area contributed by atoms with Gasteiger partial charge in [-0.25, -0.2) is 14.8 Å². The molecule has 3 fully saturated rings. The second kappa shape index (κ2) is 17.7. The Bertz CT molecular complexity index is 1660. The van der Waals surface area contributed by atoms with Crippen molar-refractivity contribution >= 4 is 23.5 Å². The molecule has 6 rings (SSSR count). The van der Waals surface area contributed by atoms with Crippen LogP contribution in [0.5, 0.6) is 5.75 Å². The quantitative estimate of drug-likeness (QED) is 0.266. The van der Waals surface area contributed by atoms with Gasteiger partial charge >= 0.3 is 12.1 Å². The summed E-state index contributed by atoms with van der Waals surface area (Å²) in [5.41, 5.74) is 3.24. The summed E-state index contributed by atoms with van der Waals surface area (Å²) in [6.45, 7) is 14.8. The number of aliphatic carboxylic acids is 1. The molecule has 3 aliphatic rings. The zero-order chi connectivity index (χ0) is 37.3. The first-order valence-corrected chi connectivity index (χ1v) is 18.2. The molecule has 14 heteroatoms. The topological polar surface area (TPSA) is 118 Å². The molecule has 0 unspecified atom stereocenters. The van der Waals surface area contributed by atoms with E-state index in [1.165, 1.54) is 58.4 Å². The molecule has 10 nitrogen and oxygen atoms in total. The monoisotopic (exact) mass is 741 g/mol. The van der Waals surface area contributed by atoms with Gasteiger partial charge in [0.15, 0.2) is 0 Å². The van der Waals surface area contributed by atoms with E-state index in [-0.39, 0.29) is 5.41 Å². The number of carboxylic acid groups (broad SMARTS) is 1. The SMILES string of the molecule is CC(C)(c1ccc(OCc2ccnc(N3CCN(CC4CCN(C5CCNCC5)CC4)CC3)n2)cc1)c1cc(Cl)cc(C#N)c1.O=C(O)C(F)(F)F. The molecule has 2 N–H and O–H groups in total. The number of piperazine rings is 1. The summed E-state index contributed by atoms with van der Waals surface area (Å²) in [5.74, 6) is -0.359. The summed E-state index contributed by atoms with van der Waals surface area (Å²) in [5, 5.41) is 20.6. The first-order chi connectivity index (χ1) is 24.8. The molecule has 0 atom stereocenters. The van der Waals surface area contributed by atoms with Crippen LogP contribution < -0.4 is 15.0 Å². The lowest BCUT2D eigenvalue weighted by atomic mass is 9.78. The molecule has 1 aromatic heterocycles. The van der Waals surface area contributed by atoms with Crippen molar-refractivity contribution in [3.05, 3.63) is 82.1 Å². The second-order valence-electron chi connectivity index (χ2n) is 14.2. The summed E-state index contributed by atoms with van der Waals surface area (Å²) in [6.07, 6.45) is 2.05. The minimum Gasteiger partial charge on any atom is -0.487 e. The molecule has 0 radical (unpaired) electrons. The number of hydrogen-bond acceptors (Lipinski definition) is 9. The fourth-order valence-corrected chi connectivity index (χ4v) is 7.33. The molecule has 0 bridgehead atoms. The standard InChI is InChI=1S/C36H46ClN7O.C2HF3O2/c1-36(2,30-21-28(24-38)22-31(37)23-30)29-3-5-34(6-4-29)45-26-32-7-14-40-35(41-32)44-19-17-42(18-20-44)25-27-10-15-43(16-11-27)33-8-12-39-13-9-33;3-2(4,5)1(6)7/h3-7,14,21-23,27,33,39H,8-13,15-20,25-26H2,1-2H3;(H,6,7). The highest BCUT2D eigenvalue weighted by Crippen LogP contribution is 2.34. The molecule has 3 saturated heterocycles. The Labute approximate surface area is 308 Å². The molecule has 280 valence electrons. The first-order valence-electron chi connectivity index (χ1n) is 17.8. The normalized spacial score (nSPS) is 18.3. The zero-order valence-corrected chi connectivity index (χ0v) is 30.5. The first kappa shape index (κ1) is 39.3. The van der Waals surface area contributed by atoms with Crippen LogP contribution in [0.15, 0.2) is 54.7 Å². The van der Waals surface area contributed by atoms with Crippen molar-refractivity contribution in [2.45, 2.75) is 63.8 Å². The fourth-order valence-electron chi connectivity index (χ4n) is 7.09. The van der Waals surface area contributed by atoms with E-state index in [4.69, 9.17) is 31.2 Å². The van der Waals surface area contributed by atoms with Crippen LogP contribution in [0.3, 0.4) is 0 Å². The minimum absolute atomic E-state index is 0.315. The lowest BCUT2D eigenvalue weighted by Gasteiger charge is -2.41. The Hall–Kier alpha value is -3.96. The van der Waals surface area contributed by atoms with Gasteiger partial charge in [-0.1, -0.05) is 37.6 Å². The molecule has 52 heavy (non-hydrogen) atoms. The van der Waals surface area contributed by atoms with Gasteiger partial charge in [-0.15, -0.1) is 0 Å². The number of nitrogens with one attached hydrogen (secondary N) is 1. The van der Waals surface area contributed by atoms with E-state index < -0.39 is 12.1 Å². The Morgan fingerprint density at radius 1 is 0.981 bits per heavy atom. The van der Waals surface area contributed by atoms with E-state index in [9.17, 15) is 18.4 Å². The average Bonchev–Trinajstić information content (AvgIpc) is 3.15. The van der Waals surface area contributed by atoms with Crippen molar-refractivity contribution in [2.24, 2.45) is 5.92 Å². The van der Waals surface area contributed by atoms with Gasteiger partial charge in [0.1, 0.15) is 12.4 Å². The number of likely N-dealkylation sites (tertiary alicyclic amines) is 1. The van der Waals surface area contributed by atoms with Gasteiger partial charge < -0.3 is 25.0 Å². The van der Waals surface area contributed by atoms with Crippen LogP contribution in [0.25, 0.3) is 0 Å². The van der Waals surface area contributed by atoms with Crippen LogP contribution in [0.4, 0.5) is 19.1 Å². The molecule has 0 saturated carbocycles.